The lowest BCUT2D eigenvalue weighted by atomic mass is 9.95. The Hall–Kier alpha value is -0.510. The van der Waals surface area contributed by atoms with Crippen LogP contribution in [0.5, 0.6) is 0 Å². The molecule has 2 aromatic rings. The van der Waals surface area contributed by atoms with Crippen LogP contribution in [0.2, 0.25) is 0 Å². The smallest absolute Gasteiger partial charge is 0.258 e. The molecule has 0 spiro atoms. The number of hydrogen-bond donors (Lipinski definition) is 1. The molecule has 2 heterocycles. The number of hydrogen-bond acceptors (Lipinski definition) is 6. The van der Waals surface area contributed by atoms with Gasteiger partial charge in [-0.3, -0.25) is 0 Å². The lowest BCUT2D eigenvalue weighted by Crippen LogP contribution is -2.41. The Morgan fingerprint density at radius 2 is 2.40 bits per heavy atom. The van der Waals surface area contributed by atoms with Gasteiger partial charge in [0.1, 0.15) is 5.54 Å². The molecule has 1 saturated carbocycles. The zero-order chi connectivity index (χ0) is 14.2. The molecule has 0 amide bonds. The van der Waals surface area contributed by atoms with Gasteiger partial charge in [0.15, 0.2) is 5.82 Å². The number of ether oxygens (including phenoxy) is 1. The highest BCUT2D eigenvalue weighted by atomic mass is 127. The highest BCUT2D eigenvalue weighted by molar-refractivity contribution is 14.1. The first-order valence-corrected chi connectivity index (χ1v) is 8.49. The van der Waals surface area contributed by atoms with Gasteiger partial charge < -0.3 is 15.0 Å². The minimum absolute atomic E-state index is 0.350. The van der Waals surface area contributed by atoms with E-state index in [1.165, 1.54) is 9.30 Å². The molecule has 0 aromatic carbocycles. The molecule has 108 valence electrons. The van der Waals surface area contributed by atoms with Gasteiger partial charge in [-0.1, -0.05) is 5.16 Å². The van der Waals surface area contributed by atoms with E-state index < -0.39 is 5.54 Å². The first-order valence-electron chi connectivity index (χ1n) is 6.54. The van der Waals surface area contributed by atoms with Crippen molar-refractivity contribution in [2.24, 2.45) is 5.73 Å². The van der Waals surface area contributed by atoms with Crippen molar-refractivity contribution in [3.63, 3.8) is 0 Å². The number of aromatic nitrogens is 2. The van der Waals surface area contributed by atoms with Crippen molar-refractivity contribution < 1.29 is 9.26 Å². The minimum Gasteiger partial charge on any atom is -0.376 e. The lowest BCUT2D eigenvalue weighted by molar-refractivity contribution is -0.0222. The summed E-state index contributed by atoms with van der Waals surface area (Å²) in [6, 6.07) is 2.02. The maximum absolute atomic E-state index is 6.25. The highest BCUT2D eigenvalue weighted by Crippen LogP contribution is 2.28. The Morgan fingerprint density at radius 1 is 1.60 bits per heavy atom. The van der Waals surface area contributed by atoms with Crippen molar-refractivity contribution in [2.45, 2.75) is 37.8 Å². The van der Waals surface area contributed by atoms with Crippen LogP contribution < -0.4 is 5.73 Å². The fraction of sp³-hybridized carbons (Fsp3) is 0.538. The monoisotopic (exact) mass is 405 g/mol. The normalized spacial score (nSPS) is 18.8. The summed E-state index contributed by atoms with van der Waals surface area (Å²) in [5.74, 6) is 1.01. The predicted molar refractivity (Wildman–Crippen MR) is 85.5 cm³/mol. The average Bonchev–Trinajstić information content (AvgIpc) is 2.94. The van der Waals surface area contributed by atoms with Crippen LogP contribution in [-0.4, -0.2) is 22.9 Å². The summed E-state index contributed by atoms with van der Waals surface area (Å²) in [6.07, 6.45) is 3.85. The van der Waals surface area contributed by atoms with Gasteiger partial charge >= 0.3 is 0 Å². The zero-order valence-electron chi connectivity index (χ0n) is 11.1. The molecule has 20 heavy (non-hydrogen) atoms. The SMILES string of the molecule is CC(N)(COC1CCC1)c1noc(-c2csc(I)c2)n1. The molecule has 0 aliphatic heterocycles. The van der Waals surface area contributed by atoms with E-state index >= 15 is 0 Å². The van der Waals surface area contributed by atoms with Crippen LogP contribution in [0.1, 0.15) is 32.0 Å². The van der Waals surface area contributed by atoms with Crippen molar-refractivity contribution >= 4 is 33.9 Å². The van der Waals surface area contributed by atoms with Crippen LogP contribution in [0.25, 0.3) is 11.5 Å². The second-order valence-electron chi connectivity index (χ2n) is 5.34. The van der Waals surface area contributed by atoms with Crippen molar-refractivity contribution in [2.75, 3.05) is 6.61 Å². The van der Waals surface area contributed by atoms with Crippen LogP contribution >= 0.6 is 33.9 Å². The molecule has 5 nitrogen and oxygen atoms in total. The van der Waals surface area contributed by atoms with E-state index in [1.807, 2.05) is 18.4 Å². The molecule has 2 aromatic heterocycles. The quantitative estimate of drug-likeness (QED) is 0.774. The van der Waals surface area contributed by atoms with Crippen LogP contribution in [0, 0.1) is 2.88 Å². The van der Waals surface area contributed by atoms with E-state index in [0.29, 0.717) is 24.4 Å². The first-order chi connectivity index (χ1) is 9.54. The Bertz CT molecular complexity index is 592. The van der Waals surface area contributed by atoms with Crippen LogP contribution in [0.3, 0.4) is 0 Å². The van der Waals surface area contributed by atoms with E-state index in [2.05, 4.69) is 32.7 Å². The van der Waals surface area contributed by atoms with Crippen molar-refractivity contribution in [3.8, 4) is 11.5 Å². The summed E-state index contributed by atoms with van der Waals surface area (Å²) in [5.41, 5.74) is 6.47. The Kier molecular flexibility index (Phi) is 4.11. The number of thiophene rings is 1. The van der Waals surface area contributed by atoms with E-state index in [9.17, 15) is 0 Å². The number of halogens is 1. The van der Waals surface area contributed by atoms with Gasteiger partial charge in [0, 0.05) is 5.38 Å². The molecule has 0 bridgehead atoms. The zero-order valence-corrected chi connectivity index (χ0v) is 14.1. The summed E-state index contributed by atoms with van der Waals surface area (Å²) < 4.78 is 12.3. The van der Waals surface area contributed by atoms with Gasteiger partial charge in [-0.15, -0.1) is 11.3 Å². The topological polar surface area (TPSA) is 74.2 Å². The van der Waals surface area contributed by atoms with Crippen molar-refractivity contribution in [1.82, 2.24) is 10.1 Å². The standard InChI is InChI=1S/C13H16IN3O2S/c1-13(15,7-18-9-3-2-4-9)12-16-11(19-17-12)8-5-10(14)20-6-8/h5-6,9H,2-4,7,15H2,1H3. The molecule has 0 saturated heterocycles. The fourth-order valence-electron chi connectivity index (χ4n) is 1.89. The van der Waals surface area contributed by atoms with E-state index in [1.54, 1.807) is 11.3 Å². The van der Waals surface area contributed by atoms with Crippen molar-refractivity contribution in [3.05, 3.63) is 20.2 Å². The largest absolute Gasteiger partial charge is 0.376 e. The molecule has 7 heteroatoms. The second kappa shape index (κ2) is 5.70. The number of nitrogens with zero attached hydrogens (tertiary/aromatic N) is 2. The maximum Gasteiger partial charge on any atom is 0.258 e. The number of rotatable bonds is 5. The Morgan fingerprint density at radius 3 is 3.00 bits per heavy atom. The molecule has 1 atom stereocenters. The van der Waals surface area contributed by atoms with E-state index in [4.69, 9.17) is 15.0 Å². The first kappa shape index (κ1) is 14.4. The van der Waals surface area contributed by atoms with Gasteiger partial charge in [0.2, 0.25) is 0 Å². The average molecular weight is 405 g/mol. The summed E-state index contributed by atoms with van der Waals surface area (Å²) in [7, 11) is 0. The minimum atomic E-state index is -0.722. The molecule has 1 aliphatic rings. The third kappa shape index (κ3) is 3.05. The van der Waals surface area contributed by atoms with Gasteiger partial charge in [0.05, 0.1) is 21.2 Å². The van der Waals surface area contributed by atoms with Gasteiger partial charge in [0.25, 0.3) is 5.89 Å². The summed E-state index contributed by atoms with van der Waals surface area (Å²) in [4.78, 5) is 4.41. The summed E-state index contributed by atoms with van der Waals surface area (Å²) >= 11 is 3.91. The third-order valence-electron chi connectivity index (χ3n) is 3.42. The third-order valence-corrected chi connectivity index (χ3v) is 5.21. The molecular weight excluding hydrogens is 389 g/mol. The van der Waals surface area contributed by atoms with Gasteiger partial charge in [-0.2, -0.15) is 4.98 Å². The Labute approximate surface area is 135 Å². The number of nitrogens with two attached hydrogens (primary N) is 1. The van der Waals surface area contributed by atoms with Gasteiger partial charge in [-0.25, -0.2) is 0 Å². The van der Waals surface area contributed by atoms with Crippen LogP contribution in [0.15, 0.2) is 16.0 Å². The highest BCUT2D eigenvalue weighted by Gasteiger charge is 2.30. The fourth-order valence-corrected chi connectivity index (χ4v) is 3.21. The van der Waals surface area contributed by atoms with Crippen LogP contribution in [-0.2, 0) is 10.3 Å². The summed E-state index contributed by atoms with van der Waals surface area (Å²) in [6.45, 7) is 2.29. The molecule has 2 N–H and O–H groups in total. The maximum atomic E-state index is 6.25. The Balaban J connectivity index is 1.71. The second-order valence-corrected chi connectivity index (χ2v) is 8.15. The van der Waals surface area contributed by atoms with Crippen LogP contribution in [0.4, 0.5) is 0 Å². The molecule has 1 aliphatic carbocycles. The molecule has 3 rings (SSSR count). The van der Waals surface area contributed by atoms with E-state index in [-0.39, 0.29) is 0 Å². The van der Waals surface area contributed by atoms with E-state index in [0.717, 1.165) is 18.4 Å². The lowest BCUT2D eigenvalue weighted by Gasteiger charge is -2.29. The molecular formula is C13H16IN3O2S. The molecule has 0 radical (unpaired) electrons. The summed E-state index contributed by atoms with van der Waals surface area (Å²) in [5, 5.41) is 6.00. The van der Waals surface area contributed by atoms with Gasteiger partial charge in [-0.05, 0) is 54.8 Å². The predicted octanol–water partition coefficient (Wildman–Crippen LogP) is 3.15. The molecule has 1 fully saturated rings. The van der Waals surface area contributed by atoms with Crippen molar-refractivity contribution in [1.29, 1.82) is 0 Å². The molecule has 1 unspecified atom stereocenters.